The molecule has 16 heavy (non-hydrogen) atoms. The van der Waals surface area contributed by atoms with Gasteiger partial charge in [-0.3, -0.25) is 0 Å². The maximum atomic E-state index is 5.26. The van der Waals surface area contributed by atoms with Crippen molar-refractivity contribution in [3.63, 3.8) is 0 Å². The van der Waals surface area contributed by atoms with Crippen LogP contribution in [0, 0.1) is 6.92 Å². The second kappa shape index (κ2) is 4.93. The summed E-state index contributed by atoms with van der Waals surface area (Å²) in [6.07, 6.45) is 2.14. The van der Waals surface area contributed by atoms with Crippen LogP contribution in [0.25, 0.3) is 10.9 Å². The van der Waals surface area contributed by atoms with Gasteiger partial charge in [0.1, 0.15) is 6.73 Å². The van der Waals surface area contributed by atoms with Gasteiger partial charge in [0, 0.05) is 23.9 Å². The average Bonchev–Trinajstić information content (AvgIpc) is 2.56. The van der Waals surface area contributed by atoms with Crippen LogP contribution in [0.4, 0.5) is 0 Å². The number of benzene rings is 1. The van der Waals surface area contributed by atoms with Gasteiger partial charge in [0.25, 0.3) is 0 Å². The van der Waals surface area contributed by atoms with E-state index in [2.05, 4.69) is 42.0 Å². The summed E-state index contributed by atoms with van der Waals surface area (Å²) in [5.41, 5.74) is 4.02. The van der Waals surface area contributed by atoms with Crippen molar-refractivity contribution in [2.45, 2.75) is 19.4 Å². The van der Waals surface area contributed by atoms with Gasteiger partial charge in [0.05, 0.1) is 5.52 Å². The minimum Gasteiger partial charge on any atom is -0.364 e. The number of fused-ring (bicyclic) bond motifs is 1. The van der Waals surface area contributed by atoms with Crippen LogP contribution in [0.1, 0.15) is 11.3 Å². The van der Waals surface area contributed by atoms with Crippen LogP contribution in [0.3, 0.4) is 0 Å². The lowest BCUT2D eigenvalue weighted by molar-refractivity contribution is 0.133. The smallest absolute Gasteiger partial charge is 0.122 e. The van der Waals surface area contributed by atoms with E-state index >= 15 is 0 Å². The van der Waals surface area contributed by atoms with E-state index < -0.39 is 0 Å². The van der Waals surface area contributed by atoms with Gasteiger partial charge >= 0.3 is 0 Å². The number of nitrogens with zero attached hydrogens (tertiary/aromatic N) is 1. The zero-order valence-electron chi connectivity index (χ0n) is 9.99. The van der Waals surface area contributed by atoms with E-state index in [1.54, 1.807) is 7.11 Å². The normalized spacial score (nSPS) is 11.2. The Morgan fingerprint density at radius 3 is 2.75 bits per heavy atom. The quantitative estimate of drug-likeness (QED) is 0.806. The van der Waals surface area contributed by atoms with E-state index in [0.717, 1.165) is 5.75 Å². The second-order valence-corrected chi connectivity index (χ2v) is 4.73. The molecular formula is C13H17NOS. The summed E-state index contributed by atoms with van der Waals surface area (Å²) >= 11 is 1.86. The Morgan fingerprint density at radius 2 is 2.06 bits per heavy atom. The van der Waals surface area contributed by atoms with Gasteiger partial charge in [-0.15, -0.1) is 0 Å². The van der Waals surface area contributed by atoms with Crippen molar-refractivity contribution in [3.05, 3.63) is 35.5 Å². The van der Waals surface area contributed by atoms with Crippen molar-refractivity contribution < 1.29 is 4.74 Å². The molecule has 0 bridgehead atoms. The van der Waals surface area contributed by atoms with Crippen LogP contribution in [-0.2, 0) is 17.2 Å². The number of para-hydroxylation sites is 1. The Hall–Kier alpha value is -0.930. The summed E-state index contributed by atoms with van der Waals surface area (Å²) in [6.45, 7) is 2.80. The maximum absolute atomic E-state index is 5.26. The van der Waals surface area contributed by atoms with Gasteiger partial charge in [0.2, 0.25) is 0 Å². The molecule has 1 aromatic heterocycles. The van der Waals surface area contributed by atoms with Crippen LogP contribution < -0.4 is 0 Å². The molecule has 0 aliphatic carbocycles. The Balaban J connectivity index is 2.64. The van der Waals surface area contributed by atoms with E-state index in [9.17, 15) is 0 Å². The molecule has 1 aromatic carbocycles. The third-order valence-corrected chi connectivity index (χ3v) is 3.49. The minimum atomic E-state index is 0.626. The SMILES string of the molecule is COCn1c(C)c(CSC)c2ccccc21. The number of rotatable bonds is 4. The van der Waals surface area contributed by atoms with Gasteiger partial charge in [-0.2, -0.15) is 11.8 Å². The molecular weight excluding hydrogens is 218 g/mol. The molecule has 0 unspecified atom stereocenters. The molecule has 0 aliphatic rings. The number of ether oxygens (including phenoxy) is 1. The standard InChI is InChI=1S/C13H17NOS/c1-10-12(8-16-3)11-6-4-5-7-13(11)14(10)9-15-2/h4-7H,8-9H2,1-3H3. The fraction of sp³-hybridized carbons (Fsp3) is 0.385. The summed E-state index contributed by atoms with van der Waals surface area (Å²) in [4.78, 5) is 0. The topological polar surface area (TPSA) is 14.2 Å². The van der Waals surface area contributed by atoms with Crippen LogP contribution in [0.2, 0.25) is 0 Å². The molecule has 2 rings (SSSR count). The summed E-state index contributed by atoms with van der Waals surface area (Å²) in [5.74, 6) is 1.06. The lowest BCUT2D eigenvalue weighted by Crippen LogP contribution is -2.01. The monoisotopic (exact) mass is 235 g/mol. The maximum Gasteiger partial charge on any atom is 0.122 e. The highest BCUT2D eigenvalue weighted by molar-refractivity contribution is 7.97. The first-order valence-electron chi connectivity index (χ1n) is 5.34. The molecule has 2 nitrogen and oxygen atoms in total. The molecule has 0 saturated carbocycles. The largest absolute Gasteiger partial charge is 0.364 e. The molecule has 0 N–H and O–H groups in total. The molecule has 0 atom stereocenters. The van der Waals surface area contributed by atoms with Crippen molar-refractivity contribution in [2.24, 2.45) is 0 Å². The summed E-state index contributed by atoms with van der Waals surface area (Å²) in [6, 6.07) is 8.53. The lowest BCUT2D eigenvalue weighted by atomic mass is 10.1. The molecule has 0 radical (unpaired) electrons. The van der Waals surface area contributed by atoms with E-state index in [0.29, 0.717) is 6.73 Å². The predicted octanol–water partition coefficient (Wildman–Crippen LogP) is 3.42. The van der Waals surface area contributed by atoms with Crippen LogP contribution in [-0.4, -0.2) is 17.9 Å². The zero-order valence-corrected chi connectivity index (χ0v) is 10.8. The number of thioether (sulfide) groups is 1. The fourth-order valence-corrected chi connectivity index (χ4v) is 2.78. The predicted molar refractivity (Wildman–Crippen MR) is 70.9 cm³/mol. The van der Waals surface area contributed by atoms with Gasteiger partial charge in [-0.25, -0.2) is 0 Å². The Labute approximate surface area is 101 Å². The van der Waals surface area contributed by atoms with Crippen LogP contribution in [0.5, 0.6) is 0 Å². The molecule has 86 valence electrons. The molecule has 0 saturated heterocycles. The Bertz CT molecular complexity index is 447. The van der Waals surface area contributed by atoms with Crippen molar-refractivity contribution in [2.75, 3.05) is 13.4 Å². The highest BCUT2D eigenvalue weighted by Crippen LogP contribution is 2.28. The van der Waals surface area contributed by atoms with Crippen molar-refractivity contribution >= 4 is 22.7 Å². The lowest BCUT2D eigenvalue weighted by Gasteiger charge is -2.06. The molecule has 1 heterocycles. The van der Waals surface area contributed by atoms with Crippen molar-refractivity contribution in [1.29, 1.82) is 0 Å². The highest BCUT2D eigenvalue weighted by Gasteiger charge is 2.12. The number of aromatic nitrogens is 1. The Kier molecular flexibility index (Phi) is 3.56. The number of hydrogen-bond acceptors (Lipinski definition) is 2. The van der Waals surface area contributed by atoms with E-state index in [1.807, 2.05) is 11.8 Å². The van der Waals surface area contributed by atoms with Crippen LogP contribution >= 0.6 is 11.8 Å². The van der Waals surface area contributed by atoms with Gasteiger partial charge in [-0.05, 0) is 24.8 Å². The molecule has 0 aliphatic heterocycles. The first kappa shape index (κ1) is 11.6. The summed E-state index contributed by atoms with van der Waals surface area (Å²) < 4.78 is 7.50. The third-order valence-electron chi connectivity index (χ3n) is 2.91. The summed E-state index contributed by atoms with van der Waals surface area (Å²) in [5, 5.41) is 1.35. The summed E-state index contributed by atoms with van der Waals surface area (Å²) in [7, 11) is 1.74. The third kappa shape index (κ3) is 1.85. The van der Waals surface area contributed by atoms with Gasteiger partial charge < -0.3 is 9.30 Å². The van der Waals surface area contributed by atoms with Crippen molar-refractivity contribution in [1.82, 2.24) is 4.57 Å². The van der Waals surface area contributed by atoms with Gasteiger partial charge in [0.15, 0.2) is 0 Å². The number of methoxy groups -OCH3 is 1. The number of hydrogen-bond donors (Lipinski definition) is 0. The highest BCUT2D eigenvalue weighted by atomic mass is 32.2. The molecule has 2 aromatic rings. The zero-order chi connectivity index (χ0) is 11.5. The second-order valence-electron chi connectivity index (χ2n) is 3.86. The van der Waals surface area contributed by atoms with Gasteiger partial charge in [-0.1, -0.05) is 18.2 Å². The molecule has 0 amide bonds. The minimum absolute atomic E-state index is 0.626. The van der Waals surface area contributed by atoms with Crippen LogP contribution in [0.15, 0.2) is 24.3 Å². The Morgan fingerprint density at radius 1 is 1.31 bits per heavy atom. The molecule has 3 heteroatoms. The molecule has 0 spiro atoms. The average molecular weight is 235 g/mol. The molecule has 0 fully saturated rings. The van der Waals surface area contributed by atoms with E-state index in [4.69, 9.17) is 4.74 Å². The first-order chi connectivity index (χ1) is 7.79. The first-order valence-corrected chi connectivity index (χ1v) is 6.73. The van der Waals surface area contributed by atoms with E-state index in [-0.39, 0.29) is 0 Å². The van der Waals surface area contributed by atoms with E-state index in [1.165, 1.54) is 22.2 Å². The van der Waals surface area contributed by atoms with Crippen molar-refractivity contribution in [3.8, 4) is 0 Å². The fourth-order valence-electron chi connectivity index (χ4n) is 2.12.